The van der Waals surface area contributed by atoms with Crippen LogP contribution < -0.4 is 4.90 Å². The Bertz CT molecular complexity index is 660. The molecule has 124 valence electrons. The first-order valence-corrected chi connectivity index (χ1v) is 7.73. The molecule has 0 atom stereocenters. The van der Waals surface area contributed by atoms with Gasteiger partial charge in [-0.1, -0.05) is 19.1 Å². The van der Waals surface area contributed by atoms with Crippen molar-refractivity contribution < 1.29 is 9.47 Å². The van der Waals surface area contributed by atoms with Crippen molar-refractivity contribution in [1.82, 2.24) is 20.0 Å². The van der Waals surface area contributed by atoms with Crippen LogP contribution in [0.5, 0.6) is 0 Å². The Morgan fingerprint density at radius 2 is 2.09 bits per heavy atom. The Hall–Kier alpha value is -1.99. The van der Waals surface area contributed by atoms with Crippen molar-refractivity contribution in [2.75, 3.05) is 25.2 Å². The highest BCUT2D eigenvalue weighted by Crippen LogP contribution is 2.25. The number of aromatic nitrogens is 4. The molecule has 2 aromatic rings. The van der Waals surface area contributed by atoms with Gasteiger partial charge in [-0.15, -0.1) is 5.10 Å². The molecule has 7 heteroatoms. The molecule has 2 aromatic heterocycles. The number of rotatable bonds is 4. The van der Waals surface area contributed by atoms with Gasteiger partial charge < -0.3 is 14.4 Å². The molecule has 0 saturated carbocycles. The molecule has 1 fully saturated rings. The summed E-state index contributed by atoms with van der Waals surface area (Å²) >= 11 is 0. The Balaban J connectivity index is 1.65. The third kappa shape index (κ3) is 3.68. The molecule has 1 aliphatic heterocycles. The molecular weight excluding hydrogens is 294 g/mol. The van der Waals surface area contributed by atoms with Gasteiger partial charge in [-0.3, -0.25) is 4.98 Å². The fourth-order valence-electron chi connectivity index (χ4n) is 2.47. The van der Waals surface area contributed by atoms with Gasteiger partial charge in [-0.05, 0) is 19.1 Å². The van der Waals surface area contributed by atoms with Crippen molar-refractivity contribution in [2.24, 2.45) is 5.41 Å². The lowest BCUT2D eigenvalue weighted by Gasteiger charge is -2.34. The molecular formula is C16H23N5O2. The van der Waals surface area contributed by atoms with E-state index in [4.69, 9.17) is 9.47 Å². The van der Waals surface area contributed by atoms with E-state index < -0.39 is 0 Å². The van der Waals surface area contributed by atoms with Crippen molar-refractivity contribution in [3.63, 3.8) is 0 Å². The van der Waals surface area contributed by atoms with Crippen LogP contribution in [0.15, 0.2) is 24.5 Å². The number of nitrogens with zero attached hydrogens (tertiary/aromatic N) is 5. The summed E-state index contributed by atoms with van der Waals surface area (Å²) < 4.78 is 13.2. The first-order valence-electron chi connectivity index (χ1n) is 7.73. The molecule has 0 aliphatic carbocycles. The van der Waals surface area contributed by atoms with Crippen LogP contribution in [0.4, 0.5) is 11.5 Å². The summed E-state index contributed by atoms with van der Waals surface area (Å²) in [5.74, 6) is 0.761. The Morgan fingerprint density at radius 1 is 1.35 bits per heavy atom. The normalized spacial score (nSPS) is 18.1. The van der Waals surface area contributed by atoms with E-state index in [0.717, 1.165) is 17.2 Å². The Kier molecular flexibility index (Phi) is 4.32. The summed E-state index contributed by atoms with van der Waals surface area (Å²) in [5, 5.41) is 8.40. The summed E-state index contributed by atoms with van der Waals surface area (Å²) in [6.45, 7) is 8.14. The van der Waals surface area contributed by atoms with Gasteiger partial charge in [-0.2, -0.15) is 0 Å². The van der Waals surface area contributed by atoms with Crippen LogP contribution >= 0.6 is 0 Å². The second kappa shape index (κ2) is 6.25. The Morgan fingerprint density at radius 3 is 2.78 bits per heavy atom. The van der Waals surface area contributed by atoms with E-state index in [-0.39, 0.29) is 11.7 Å². The first kappa shape index (κ1) is 15.9. The number of hydrogen-bond donors (Lipinski definition) is 0. The monoisotopic (exact) mass is 317 g/mol. The fourth-order valence-corrected chi connectivity index (χ4v) is 2.47. The number of hydrogen-bond acceptors (Lipinski definition) is 6. The zero-order chi connectivity index (χ0) is 16.4. The smallest absolute Gasteiger partial charge is 0.177 e. The highest BCUT2D eigenvalue weighted by atomic mass is 16.7. The minimum Gasteiger partial charge on any atom is -0.350 e. The zero-order valence-corrected chi connectivity index (χ0v) is 14.1. The van der Waals surface area contributed by atoms with E-state index in [1.54, 1.807) is 10.9 Å². The van der Waals surface area contributed by atoms with E-state index >= 15 is 0 Å². The minimum atomic E-state index is -0.275. The van der Waals surface area contributed by atoms with Gasteiger partial charge in [0.05, 0.1) is 37.3 Å². The van der Waals surface area contributed by atoms with Gasteiger partial charge in [0.15, 0.2) is 12.1 Å². The lowest BCUT2D eigenvalue weighted by atomic mass is 9.96. The van der Waals surface area contributed by atoms with Crippen molar-refractivity contribution in [3.8, 4) is 0 Å². The average molecular weight is 317 g/mol. The maximum Gasteiger partial charge on any atom is 0.177 e. The van der Waals surface area contributed by atoms with Crippen molar-refractivity contribution in [2.45, 2.75) is 33.6 Å². The minimum absolute atomic E-state index is 0.0715. The molecule has 1 aliphatic rings. The van der Waals surface area contributed by atoms with Crippen molar-refractivity contribution >= 4 is 11.5 Å². The molecule has 0 N–H and O–H groups in total. The van der Waals surface area contributed by atoms with Crippen molar-refractivity contribution in [1.29, 1.82) is 0 Å². The number of anilines is 2. The van der Waals surface area contributed by atoms with E-state index in [2.05, 4.69) is 29.1 Å². The zero-order valence-electron chi connectivity index (χ0n) is 14.1. The molecule has 3 heterocycles. The van der Waals surface area contributed by atoms with E-state index in [9.17, 15) is 0 Å². The first-order chi connectivity index (χ1) is 10.9. The van der Waals surface area contributed by atoms with Crippen LogP contribution in [-0.2, 0) is 16.0 Å². The van der Waals surface area contributed by atoms with E-state index in [0.29, 0.717) is 19.8 Å². The van der Waals surface area contributed by atoms with Crippen LogP contribution in [-0.4, -0.2) is 46.5 Å². The second-order valence-corrected chi connectivity index (χ2v) is 6.68. The highest BCUT2D eigenvalue weighted by molar-refractivity contribution is 5.60. The fraction of sp³-hybridized carbons (Fsp3) is 0.562. The summed E-state index contributed by atoms with van der Waals surface area (Å²) in [6.07, 6.45) is 3.39. The van der Waals surface area contributed by atoms with Crippen LogP contribution in [0.2, 0.25) is 0 Å². The molecule has 7 nitrogen and oxygen atoms in total. The molecule has 3 rings (SSSR count). The molecule has 1 saturated heterocycles. The van der Waals surface area contributed by atoms with Gasteiger partial charge in [0.25, 0.3) is 0 Å². The third-order valence-electron chi connectivity index (χ3n) is 3.87. The number of pyridine rings is 1. The van der Waals surface area contributed by atoms with Crippen LogP contribution in [0, 0.1) is 12.3 Å². The Labute approximate surface area is 136 Å². The maximum atomic E-state index is 5.74. The third-order valence-corrected chi connectivity index (χ3v) is 3.87. The topological polar surface area (TPSA) is 65.3 Å². The number of aryl methyl sites for hydroxylation is 1. The van der Waals surface area contributed by atoms with Crippen LogP contribution in [0.1, 0.15) is 19.5 Å². The van der Waals surface area contributed by atoms with Gasteiger partial charge in [0.1, 0.15) is 0 Å². The molecule has 0 aromatic carbocycles. The SMILES string of the molecule is Cc1ncccc1N(C)c1cn(CC2OCC(C)(C)CO2)nn1. The standard InChI is InChI=1S/C16H23N5O2/c1-12-13(6-5-7-17-12)20(4)14-8-21(19-18-14)9-15-22-10-16(2,3)11-23-15/h5-8,15H,9-11H2,1-4H3. The molecule has 23 heavy (non-hydrogen) atoms. The lowest BCUT2D eigenvalue weighted by molar-refractivity contribution is -0.227. The van der Waals surface area contributed by atoms with Gasteiger partial charge in [0.2, 0.25) is 0 Å². The predicted molar refractivity (Wildman–Crippen MR) is 86.5 cm³/mol. The lowest BCUT2D eigenvalue weighted by Crippen LogP contribution is -2.39. The molecule has 0 spiro atoms. The quantitative estimate of drug-likeness (QED) is 0.861. The van der Waals surface area contributed by atoms with Crippen molar-refractivity contribution in [3.05, 3.63) is 30.2 Å². The second-order valence-electron chi connectivity index (χ2n) is 6.68. The number of ether oxygens (including phenoxy) is 2. The maximum absolute atomic E-state index is 5.74. The molecule has 0 unspecified atom stereocenters. The summed E-state index contributed by atoms with van der Waals surface area (Å²) in [6, 6.07) is 3.92. The molecule has 0 amide bonds. The van der Waals surface area contributed by atoms with E-state index in [1.807, 2.05) is 37.2 Å². The van der Waals surface area contributed by atoms with Gasteiger partial charge >= 0.3 is 0 Å². The summed E-state index contributed by atoms with van der Waals surface area (Å²) in [7, 11) is 1.95. The van der Waals surface area contributed by atoms with Crippen LogP contribution in [0.3, 0.4) is 0 Å². The largest absolute Gasteiger partial charge is 0.350 e. The van der Waals surface area contributed by atoms with E-state index in [1.165, 1.54) is 0 Å². The molecule has 0 radical (unpaired) electrons. The average Bonchev–Trinajstić information content (AvgIpc) is 2.98. The highest BCUT2D eigenvalue weighted by Gasteiger charge is 2.28. The van der Waals surface area contributed by atoms with Gasteiger partial charge in [0, 0.05) is 18.7 Å². The summed E-state index contributed by atoms with van der Waals surface area (Å²) in [4.78, 5) is 6.27. The molecule has 0 bridgehead atoms. The summed E-state index contributed by atoms with van der Waals surface area (Å²) in [5.41, 5.74) is 2.03. The predicted octanol–water partition coefficient (Wildman–Crippen LogP) is 2.15. The van der Waals surface area contributed by atoms with Crippen LogP contribution in [0.25, 0.3) is 0 Å². The van der Waals surface area contributed by atoms with Gasteiger partial charge in [-0.25, -0.2) is 4.68 Å².